The Morgan fingerprint density at radius 3 is 2.76 bits per heavy atom. The molecule has 1 N–H and O–H groups in total. The van der Waals surface area contributed by atoms with Crippen molar-refractivity contribution in [1.29, 1.82) is 0 Å². The summed E-state index contributed by atoms with van der Waals surface area (Å²) < 4.78 is 18.6. The van der Waals surface area contributed by atoms with Crippen molar-refractivity contribution in [3.8, 4) is 5.75 Å². The molecule has 0 spiro atoms. The molecule has 0 saturated carbocycles. The fourth-order valence-corrected chi connectivity index (χ4v) is 1.38. The van der Waals surface area contributed by atoms with Gasteiger partial charge in [-0.15, -0.1) is 0 Å². The van der Waals surface area contributed by atoms with Gasteiger partial charge in [0.2, 0.25) is 0 Å². The van der Waals surface area contributed by atoms with Crippen LogP contribution in [0.3, 0.4) is 0 Å². The van der Waals surface area contributed by atoms with Crippen molar-refractivity contribution in [2.24, 2.45) is 0 Å². The summed E-state index contributed by atoms with van der Waals surface area (Å²) in [6.45, 7) is 1.09. The number of hydrogen-bond donors (Lipinski definition) is 1. The highest BCUT2D eigenvalue weighted by Gasteiger charge is 2.15. The third-order valence-electron chi connectivity index (χ3n) is 2.19. The minimum atomic E-state index is -1.19. The van der Waals surface area contributed by atoms with Crippen molar-refractivity contribution in [2.45, 2.75) is 6.42 Å². The predicted molar refractivity (Wildman–Crippen MR) is 62.0 cm³/mol. The lowest BCUT2D eigenvalue weighted by atomic mass is 10.2. The number of carbonyl (C=O) groups is 1. The molecule has 0 aromatic heterocycles. The summed E-state index contributed by atoms with van der Waals surface area (Å²) in [5, 5.41) is 8.88. The molecule has 0 heterocycles. The van der Waals surface area contributed by atoms with Crippen LogP contribution in [0, 0.1) is 5.82 Å². The largest absolute Gasteiger partial charge is 0.490 e. The summed E-state index contributed by atoms with van der Waals surface area (Å²) in [4.78, 5) is 12.8. The van der Waals surface area contributed by atoms with E-state index < -0.39 is 11.8 Å². The van der Waals surface area contributed by atoms with E-state index in [-0.39, 0.29) is 11.3 Å². The summed E-state index contributed by atoms with van der Waals surface area (Å²) in [7, 11) is 3.84. The number of benzene rings is 1. The number of nitrogens with zero attached hydrogens (tertiary/aromatic N) is 1. The molecule has 1 aromatic carbocycles. The lowest BCUT2D eigenvalue weighted by Crippen LogP contribution is -2.16. The Bertz CT molecular complexity index is 393. The second-order valence-corrected chi connectivity index (χ2v) is 3.93. The Kier molecular flexibility index (Phi) is 4.90. The Hall–Kier alpha value is -1.62. The zero-order chi connectivity index (χ0) is 12.8. The summed E-state index contributed by atoms with van der Waals surface area (Å²) in [6.07, 6.45) is 0.709. The zero-order valence-electron chi connectivity index (χ0n) is 9.94. The molecule has 0 aliphatic rings. The molecule has 17 heavy (non-hydrogen) atoms. The van der Waals surface area contributed by atoms with Crippen LogP contribution in [0.25, 0.3) is 0 Å². The van der Waals surface area contributed by atoms with Crippen LogP contribution in [0.4, 0.5) is 4.39 Å². The van der Waals surface area contributed by atoms with E-state index in [4.69, 9.17) is 9.84 Å². The normalized spacial score (nSPS) is 10.6. The molecule has 0 fully saturated rings. The highest BCUT2D eigenvalue weighted by molar-refractivity contribution is 5.90. The van der Waals surface area contributed by atoms with Crippen molar-refractivity contribution in [3.63, 3.8) is 0 Å². The second-order valence-electron chi connectivity index (χ2n) is 3.93. The van der Waals surface area contributed by atoms with Gasteiger partial charge < -0.3 is 14.7 Å². The van der Waals surface area contributed by atoms with Crippen LogP contribution >= 0.6 is 0 Å². The predicted octanol–water partition coefficient (Wildman–Crippen LogP) is 1.85. The minimum Gasteiger partial charge on any atom is -0.490 e. The number of para-hydroxylation sites is 1. The molecule has 0 saturated heterocycles. The molecule has 5 heteroatoms. The van der Waals surface area contributed by atoms with Gasteiger partial charge in [-0.1, -0.05) is 6.07 Å². The van der Waals surface area contributed by atoms with E-state index in [0.717, 1.165) is 6.54 Å². The van der Waals surface area contributed by atoms with E-state index in [1.807, 2.05) is 19.0 Å². The quantitative estimate of drug-likeness (QED) is 0.772. The monoisotopic (exact) mass is 241 g/mol. The molecule has 4 nitrogen and oxygen atoms in total. The van der Waals surface area contributed by atoms with E-state index in [1.54, 1.807) is 0 Å². The van der Waals surface area contributed by atoms with Gasteiger partial charge in [-0.3, -0.25) is 0 Å². The van der Waals surface area contributed by atoms with Gasteiger partial charge in [-0.25, -0.2) is 9.18 Å². The zero-order valence-corrected chi connectivity index (χ0v) is 9.94. The standard InChI is InChI=1S/C12H16FNO3/c1-14(2)7-4-8-17-11-9(12(15)16)5-3-6-10(11)13/h3,5-6H,4,7-8H2,1-2H3,(H,15,16). The summed E-state index contributed by atoms with van der Waals surface area (Å²) in [5.41, 5.74) is -0.144. The molecule has 0 aliphatic heterocycles. The molecule has 1 aromatic rings. The minimum absolute atomic E-state index is 0.144. The van der Waals surface area contributed by atoms with E-state index in [2.05, 4.69) is 0 Å². The van der Waals surface area contributed by atoms with Gasteiger partial charge in [0.05, 0.1) is 6.61 Å². The molecular weight excluding hydrogens is 225 g/mol. The van der Waals surface area contributed by atoms with Crippen LogP contribution in [0.5, 0.6) is 5.75 Å². The Labute approximate surface area is 99.6 Å². The summed E-state index contributed by atoms with van der Waals surface area (Å²) >= 11 is 0. The highest BCUT2D eigenvalue weighted by Crippen LogP contribution is 2.22. The number of halogens is 1. The van der Waals surface area contributed by atoms with E-state index in [9.17, 15) is 9.18 Å². The maximum atomic E-state index is 13.4. The van der Waals surface area contributed by atoms with Gasteiger partial charge in [0, 0.05) is 6.54 Å². The second kappa shape index (κ2) is 6.20. The third-order valence-corrected chi connectivity index (χ3v) is 2.19. The summed E-state index contributed by atoms with van der Waals surface area (Å²) in [6, 6.07) is 3.87. The van der Waals surface area contributed by atoms with Crippen LogP contribution in [0.15, 0.2) is 18.2 Å². The van der Waals surface area contributed by atoms with Gasteiger partial charge in [-0.2, -0.15) is 0 Å². The van der Waals surface area contributed by atoms with Crippen molar-refractivity contribution in [2.75, 3.05) is 27.2 Å². The first-order valence-corrected chi connectivity index (χ1v) is 5.31. The smallest absolute Gasteiger partial charge is 0.339 e. The molecule has 0 aliphatic carbocycles. The molecule has 1 rings (SSSR count). The molecule has 0 atom stereocenters. The number of carboxylic acids is 1. The number of ether oxygens (including phenoxy) is 1. The Morgan fingerprint density at radius 2 is 2.18 bits per heavy atom. The first-order valence-electron chi connectivity index (χ1n) is 5.31. The molecular formula is C12H16FNO3. The van der Waals surface area contributed by atoms with E-state index in [0.29, 0.717) is 13.0 Å². The van der Waals surface area contributed by atoms with Gasteiger partial charge in [0.1, 0.15) is 5.56 Å². The van der Waals surface area contributed by atoms with E-state index >= 15 is 0 Å². The molecule has 0 amide bonds. The number of aromatic carboxylic acids is 1. The average molecular weight is 241 g/mol. The number of carboxylic acid groups (broad SMARTS) is 1. The van der Waals surface area contributed by atoms with Crippen molar-refractivity contribution < 1.29 is 19.0 Å². The first kappa shape index (κ1) is 13.4. The Morgan fingerprint density at radius 1 is 1.47 bits per heavy atom. The lowest BCUT2D eigenvalue weighted by Gasteiger charge is -2.12. The summed E-state index contributed by atoms with van der Waals surface area (Å²) in [5.74, 6) is -2.01. The van der Waals surface area contributed by atoms with Gasteiger partial charge in [-0.05, 0) is 32.6 Å². The fraction of sp³-hybridized carbons (Fsp3) is 0.417. The number of hydrogen-bond acceptors (Lipinski definition) is 3. The third kappa shape index (κ3) is 4.03. The topological polar surface area (TPSA) is 49.8 Å². The van der Waals surface area contributed by atoms with Gasteiger partial charge >= 0.3 is 5.97 Å². The van der Waals surface area contributed by atoms with Crippen LogP contribution < -0.4 is 4.74 Å². The SMILES string of the molecule is CN(C)CCCOc1c(F)cccc1C(=O)O. The van der Waals surface area contributed by atoms with Crippen molar-refractivity contribution in [3.05, 3.63) is 29.6 Å². The van der Waals surface area contributed by atoms with E-state index in [1.165, 1.54) is 18.2 Å². The van der Waals surface area contributed by atoms with Crippen molar-refractivity contribution >= 4 is 5.97 Å². The first-order chi connectivity index (χ1) is 8.02. The van der Waals surface area contributed by atoms with Crippen LogP contribution in [-0.2, 0) is 0 Å². The highest BCUT2D eigenvalue weighted by atomic mass is 19.1. The lowest BCUT2D eigenvalue weighted by molar-refractivity contribution is 0.0691. The molecule has 0 radical (unpaired) electrons. The Balaban J connectivity index is 2.66. The van der Waals surface area contributed by atoms with Crippen molar-refractivity contribution in [1.82, 2.24) is 4.90 Å². The van der Waals surface area contributed by atoms with Crippen LogP contribution in [0.2, 0.25) is 0 Å². The number of rotatable bonds is 6. The molecule has 94 valence electrons. The van der Waals surface area contributed by atoms with Gasteiger partial charge in [0.15, 0.2) is 11.6 Å². The molecule has 0 bridgehead atoms. The maximum Gasteiger partial charge on any atom is 0.339 e. The maximum absolute atomic E-state index is 13.4. The van der Waals surface area contributed by atoms with Crippen LogP contribution in [-0.4, -0.2) is 43.2 Å². The fourth-order valence-electron chi connectivity index (χ4n) is 1.38. The molecule has 0 unspecified atom stereocenters. The van der Waals surface area contributed by atoms with Crippen LogP contribution in [0.1, 0.15) is 16.8 Å². The van der Waals surface area contributed by atoms with Gasteiger partial charge in [0.25, 0.3) is 0 Å². The average Bonchev–Trinajstić information content (AvgIpc) is 2.25.